The van der Waals surface area contributed by atoms with Crippen LogP contribution in [0.15, 0.2) is 21.5 Å². The van der Waals surface area contributed by atoms with Crippen molar-refractivity contribution in [3.05, 3.63) is 27.7 Å². The van der Waals surface area contributed by atoms with E-state index in [2.05, 4.69) is 20.7 Å². The van der Waals surface area contributed by atoms with E-state index in [1.807, 2.05) is 6.92 Å². The predicted molar refractivity (Wildman–Crippen MR) is 83.0 cm³/mol. The van der Waals surface area contributed by atoms with Gasteiger partial charge in [0.2, 0.25) is 10.0 Å². The maximum atomic E-state index is 12.5. The first-order valence-electron chi connectivity index (χ1n) is 6.76. The van der Waals surface area contributed by atoms with Crippen molar-refractivity contribution >= 4 is 31.9 Å². The van der Waals surface area contributed by atoms with Gasteiger partial charge < -0.3 is 5.11 Å². The lowest BCUT2D eigenvalue weighted by Crippen LogP contribution is -2.33. The van der Waals surface area contributed by atoms with Crippen molar-refractivity contribution in [3.8, 4) is 0 Å². The quantitative estimate of drug-likeness (QED) is 0.800. The number of carboxylic acids is 1. The van der Waals surface area contributed by atoms with E-state index in [1.54, 1.807) is 6.92 Å². The third kappa shape index (κ3) is 4.05. The number of sulfonamides is 1. The highest BCUT2D eigenvalue weighted by atomic mass is 79.9. The molecule has 1 saturated carbocycles. The van der Waals surface area contributed by atoms with Gasteiger partial charge in [-0.15, -0.1) is 0 Å². The Balaban J connectivity index is 2.31. The summed E-state index contributed by atoms with van der Waals surface area (Å²) in [5.74, 6) is -0.536. The molecular weight excluding hydrogens is 358 g/mol. The van der Waals surface area contributed by atoms with Crippen LogP contribution in [0.2, 0.25) is 0 Å². The van der Waals surface area contributed by atoms with Crippen molar-refractivity contribution in [1.29, 1.82) is 0 Å². The second-order valence-electron chi connectivity index (χ2n) is 5.61. The number of carbonyl (C=O) groups is 1. The molecule has 2 N–H and O–H groups in total. The molecule has 0 spiro atoms. The average molecular weight is 376 g/mol. The van der Waals surface area contributed by atoms with Gasteiger partial charge in [-0.2, -0.15) is 0 Å². The smallest absolute Gasteiger partial charge is 0.335 e. The van der Waals surface area contributed by atoms with E-state index >= 15 is 0 Å². The number of rotatable bonds is 6. The standard InChI is InChI=1S/C14H18BrNO4S/c1-8-5-11(14(17)18)7-12(13(8)15)21(19,20)16-9(2)6-10-3-4-10/h5,7,9-10,16H,3-4,6H2,1-2H3,(H,17,18). The van der Waals surface area contributed by atoms with Crippen LogP contribution in [0.3, 0.4) is 0 Å². The summed E-state index contributed by atoms with van der Waals surface area (Å²) in [5, 5.41) is 9.07. The predicted octanol–water partition coefficient (Wildman–Crippen LogP) is 2.92. The molecule has 0 radical (unpaired) electrons. The van der Waals surface area contributed by atoms with E-state index in [4.69, 9.17) is 5.11 Å². The Hall–Kier alpha value is -0.920. The van der Waals surface area contributed by atoms with E-state index in [-0.39, 0.29) is 16.5 Å². The van der Waals surface area contributed by atoms with Gasteiger partial charge in [-0.1, -0.05) is 12.8 Å². The first-order chi connectivity index (χ1) is 9.70. The highest BCUT2D eigenvalue weighted by Gasteiger charge is 2.28. The zero-order valence-corrected chi connectivity index (χ0v) is 14.3. The number of aryl methyl sites for hydroxylation is 1. The molecule has 1 fully saturated rings. The molecule has 0 amide bonds. The summed E-state index contributed by atoms with van der Waals surface area (Å²) in [6, 6.07) is 2.47. The highest BCUT2D eigenvalue weighted by molar-refractivity contribution is 9.10. The molecule has 0 heterocycles. The van der Waals surface area contributed by atoms with Crippen molar-refractivity contribution in [2.75, 3.05) is 0 Å². The number of aromatic carboxylic acids is 1. The first kappa shape index (κ1) is 16.5. The number of halogens is 1. The summed E-state index contributed by atoms with van der Waals surface area (Å²) >= 11 is 3.24. The Bertz CT molecular complexity index is 668. The Morgan fingerprint density at radius 1 is 1.48 bits per heavy atom. The van der Waals surface area contributed by atoms with Gasteiger partial charge >= 0.3 is 5.97 Å². The normalized spacial score (nSPS) is 16.7. The van der Waals surface area contributed by atoms with E-state index in [1.165, 1.54) is 12.1 Å². The van der Waals surface area contributed by atoms with Crippen LogP contribution in [0.5, 0.6) is 0 Å². The number of benzene rings is 1. The van der Waals surface area contributed by atoms with E-state index in [0.29, 0.717) is 16.0 Å². The van der Waals surface area contributed by atoms with Crippen molar-refractivity contribution in [2.45, 2.75) is 44.0 Å². The van der Waals surface area contributed by atoms with Crippen LogP contribution in [-0.4, -0.2) is 25.5 Å². The molecule has 21 heavy (non-hydrogen) atoms. The van der Waals surface area contributed by atoms with Crippen LogP contribution in [0.4, 0.5) is 0 Å². The minimum absolute atomic E-state index is 0.0254. The maximum absolute atomic E-state index is 12.5. The third-order valence-electron chi connectivity index (χ3n) is 3.50. The van der Waals surface area contributed by atoms with Gasteiger partial charge in [0.05, 0.1) is 10.5 Å². The van der Waals surface area contributed by atoms with Crippen molar-refractivity contribution in [2.24, 2.45) is 5.92 Å². The molecule has 0 aromatic heterocycles. The minimum Gasteiger partial charge on any atom is -0.478 e. The van der Waals surface area contributed by atoms with Gasteiger partial charge in [-0.05, 0) is 59.8 Å². The fourth-order valence-corrected chi connectivity index (χ4v) is 4.59. The average Bonchev–Trinajstić information content (AvgIpc) is 3.14. The molecule has 1 aromatic rings. The lowest BCUT2D eigenvalue weighted by molar-refractivity contribution is 0.0696. The summed E-state index contributed by atoms with van der Waals surface area (Å²) < 4.78 is 27.9. The van der Waals surface area contributed by atoms with E-state index < -0.39 is 16.0 Å². The summed E-state index contributed by atoms with van der Waals surface area (Å²) in [6.45, 7) is 3.50. The van der Waals surface area contributed by atoms with Crippen LogP contribution in [-0.2, 0) is 10.0 Å². The molecule has 1 aromatic carbocycles. The SMILES string of the molecule is Cc1cc(C(=O)O)cc(S(=O)(=O)NC(C)CC2CC2)c1Br. The van der Waals surface area contributed by atoms with Crippen molar-refractivity contribution < 1.29 is 18.3 Å². The van der Waals surface area contributed by atoms with E-state index in [9.17, 15) is 13.2 Å². The second-order valence-corrected chi connectivity index (χ2v) is 8.09. The van der Waals surface area contributed by atoms with Crippen LogP contribution < -0.4 is 4.72 Å². The van der Waals surface area contributed by atoms with Crippen LogP contribution in [0.1, 0.15) is 42.1 Å². The molecule has 2 rings (SSSR count). The number of hydrogen-bond donors (Lipinski definition) is 2. The third-order valence-corrected chi connectivity index (χ3v) is 6.43. The lowest BCUT2D eigenvalue weighted by atomic mass is 10.1. The summed E-state index contributed by atoms with van der Waals surface area (Å²) in [6.07, 6.45) is 3.13. The Morgan fingerprint density at radius 3 is 2.62 bits per heavy atom. The largest absolute Gasteiger partial charge is 0.478 e. The molecule has 1 unspecified atom stereocenters. The highest BCUT2D eigenvalue weighted by Crippen LogP contribution is 2.34. The monoisotopic (exact) mass is 375 g/mol. The van der Waals surface area contributed by atoms with Gasteiger partial charge in [0.1, 0.15) is 0 Å². The van der Waals surface area contributed by atoms with Gasteiger partial charge in [0.25, 0.3) is 0 Å². The number of hydrogen-bond acceptors (Lipinski definition) is 3. The molecule has 0 aliphatic heterocycles. The first-order valence-corrected chi connectivity index (χ1v) is 9.04. The van der Waals surface area contributed by atoms with Crippen molar-refractivity contribution in [3.63, 3.8) is 0 Å². The summed E-state index contributed by atoms with van der Waals surface area (Å²) in [7, 11) is -3.75. The van der Waals surface area contributed by atoms with Gasteiger partial charge in [-0.25, -0.2) is 17.9 Å². The minimum atomic E-state index is -3.75. The fourth-order valence-electron chi connectivity index (χ4n) is 2.29. The van der Waals surface area contributed by atoms with Crippen LogP contribution >= 0.6 is 15.9 Å². The molecule has 1 aliphatic rings. The molecule has 7 heteroatoms. The van der Waals surface area contributed by atoms with Gasteiger partial charge in [-0.3, -0.25) is 0 Å². The van der Waals surface area contributed by atoms with Gasteiger partial charge in [0, 0.05) is 10.5 Å². The summed E-state index contributed by atoms with van der Waals surface area (Å²) in [4.78, 5) is 11.1. The topological polar surface area (TPSA) is 83.5 Å². The number of carboxylic acid groups (broad SMARTS) is 1. The van der Waals surface area contributed by atoms with Crippen molar-refractivity contribution in [1.82, 2.24) is 4.72 Å². The lowest BCUT2D eigenvalue weighted by Gasteiger charge is -2.16. The zero-order chi connectivity index (χ0) is 15.8. The Labute approximate surface area is 132 Å². The van der Waals surface area contributed by atoms with Gasteiger partial charge in [0.15, 0.2) is 0 Å². The molecule has 1 aliphatic carbocycles. The molecule has 116 valence electrons. The molecule has 0 saturated heterocycles. The van der Waals surface area contributed by atoms with Crippen LogP contribution in [0, 0.1) is 12.8 Å². The Kier molecular flexibility index (Phi) is 4.75. The molecule has 5 nitrogen and oxygen atoms in total. The molecular formula is C14H18BrNO4S. The fraction of sp³-hybridized carbons (Fsp3) is 0.500. The maximum Gasteiger partial charge on any atom is 0.335 e. The van der Waals surface area contributed by atoms with E-state index in [0.717, 1.165) is 19.3 Å². The second kappa shape index (κ2) is 6.06. The zero-order valence-electron chi connectivity index (χ0n) is 11.9. The number of nitrogens with one attached hydrogen (secondary N) is 1. The molecule has 1 atom stereocenters. The Morgan fingerprint density at radius 2 is 2.10 bits per heavy atom. The van der Waals surface area contributed by atoms with Crippen LogP contribution in [0.25, 0.3) is 0 Å². The summed E-state index contributed by atoms with van der Waals surface area (Å²) in [5.41, 5.74) is 0.538. The molecule has 0 bridgehead atoms.